The van der Waals surface area contributed by atoms with Gasteiger partial charge in [-0.3, -0.25) is 9.78 Å². The second kappa shape index (κ2) is 10.4. The Labute approximate surface area is 177 Å². The summed E-state index contributed by atoms with van der Waals surface area (Å²) in [6.45, 7) is 7.32. The Morgan fingerprint density at radius 2 is 2.10 bits per heavy atom. The van der Waals surface area contributed by atoms with Crippen molar-refractivity contribution in [3.05, 3.63) is 70.7 Å². The van der Waals surface area contributed by atoms with Crippen LogP contribution in [0.4, 0.5) is 10.1 Å². The van der Waals surface area contributed by atoms with Crippen LogP contribution in [-0.4, -0.2) is 48.0 Å². The average molecular weight is 409 g/mol. The minimum absolute atomic E-state index is 0.185. The Hall–Kier alpha value is -2.71. The summed E-state index contributed by atoms with van der Waals surface area (Å²) in [6.07, 6.45) is 8.22. The van der Waals surface area contributed by atoms with Gasteiger partial charge >= 0.3 is 0 Å². The zero-order valence-corrected chi connectivity index (χ0v) is 17.5. The van der Waals surface area contributed by atoms with Crippen molar-refractivity contribution in [1.82, 2.24) is 19.8 Å². The smallest absolute Gasteiger partial charge is 0.251 e. The van der Waals surface area contributed by atoms with E-state index in [4.69, 9.17) is 5.73 Å². The maximum absolute atomic E-state index is 13.7. The summed E-state index contributed by atoms with van der Waals surface area (Å²) < 4.78 is 15.3. The van der Waals surface area contributed by atoms with Crippen molar-refractivity contribution in [1.29, 1.82) is 0 Å². The predicted octanol–water partition coefficient (Wildman–Crippen LogP) is 0.835. The third-order valence-electron chi connectivity index (χ3n) is 5.48. The molecule has 2 aromatic rings. The minimum Gasteiger partial charge on any atom is -0.397 e. The van der Waals surface area contributed by atoms with Gasteiger partial charge in [0.1, 0.15) is 13.7 Å². The Morgan fingerprint density at radius 1 is 1.33 bits per heavy atom. The first-order valence-electron chi connectivity index (χ1n) is 10.3. The number of nitrogens with one attached hydrogen (secondary N) is 1. The minimum atomic E-state index is -0.517. The van der Waals surface area contributed by atoms with Gasteiger partial charge < -0.3 is 20.5 Å². The molecule has 1 aliphatic rings. The lowest BCUT2D eigenvalue weighted by Gasteiger charge is -2.32. The number of nitrogens with zero attached hydrogens (tertiary/aromatic N) is 3. The van der Waals surface area contributed by atoms with E-state index in [1.54, 1.807) is 0 Å². The molecule has 1 saturated heterocycles. The van der Waals surface area contributed by atoms with Crippen LogP contribution < -0.4 is 22.1 Å². The molecule has 8 heteroatoms. The number of halogens is 1. The summed E-state index contributed by atoms with van der Waals surface area (Å²) in [6, 6.07) is 5.56. The highest BCUT2D eigenvalue weighted by Crippen LogP contribution is 2.16. The second-order valence-electron chi connectivity index (χ2n) is 7.76. The van der Waals surface area contributed by atoms with E-state index in [-0.39, 0.29) is 5.56 Å². The van der Waals surface area contributed by atoms with Gasteiger partial charge in [0.2, 0.25) is 0 Å². The first-order valence-corrected chi connectivity index (χ1v) is 10.3. The first kappa shape index (κ1) is 22.0. The Balaban J connectivity index is 1.53. The summed E-state index contributed by atoms with van der Waals surface area (Å²) >= 11 is 0. The van der Waals surface area contributed by atoms with Crippen LogP contribution in [0.1, 0.15) is 24.1 Å². The molecule has 0 amide bonds. The van der Waals surface area contributed by atoms with Crippen LogP contribution >= 0.6 is 0 Å². The van der Waals surface area contributed by atoms with Crippen LogP contribution in [0.25, 0.3) is 6.08 Å². The number of hydrogen-bond donors (Lipinski definition) is 2. The lowest BCUT2D eigenvalue weighted by Crippen LogP contribution is -2.43. The number of nitrogen functional groups attached to an aromatic ring is 1. The quantitative estimate of drug-likeness (QED) is 0.499. The molecule has 6 nitrogen and oxygen atoms in total. The zero-order valence-electron chi connectivity index (χ0n) is 17.5. The number of piperidine rings is 1. The Morgan fingerprint density at radius 3 is 2.80 bits per heavy atom. The monoisotopic (exact) mass is 409 g/mol. The number of rotatable bonds is 8. The third-order valence-corrected chi connectivity index (χ3v) is 5.48. The van der Waals surface area contributed by atoms with Crippen molar-refractivity contribution in [3.8, 4) is 0 Å². The number of nitrogens with two attached hydrogens (primary N) is 1. The van der Waals surface area contributed by atoms with Crippen LogP contribution in [0.5, 0.6) is 0 Å². The molecule has 0 radical (unpaired) electrons. The van der Waals surface area contributed by atoms with E-state index in [0.717, 1.165) is 38.6 Å². The number of likely N-dealkylation sites (tertiary alicyclic amines) is 1. The summed E-state index contributed by atoms with van der Waals surface area (Å²) in [5, 5.41) is 3.62. The van der Waals surface area contributed by atoms with Gasteiger partial charge in [-0.05, 0) is 49.7 Å². The normalized spacial score (nSPS) is 16.0. The van der Waals surface area contributed by atoms with Gasteiger partial charge in [-0.15, -0.1) is 0 Å². The molecule has 3 heterocycles. The molecule has 0 unspecified atom stereocenters. The Kier molecular flexibility index (Phi) is 7.60. The van der Waals surface area contributed by atoms with Gasteiger partial charge in [0.05, 0.1) is 11.4 Å². The van der Waals surface area contributed by atoms with Crippen LogP contribution in [0.2, 0.25) is 0 Å². The van der Waals surface area contributed by atoms with Crippen molar-refractivity contribution in [2.45, 2.75) is 32.0 Å². The molecule has 0 atom stereocenters. The first-order chi connectivity index (χ1) is 14.5. The third kappa shape index (κ3) is 5.90. The topological polar surface area (TPSA) is 76.2 Å². The van der Waals surface area contributed by atoms with E-state index in [1.807, 2.05) is 20.2 Å². The van der Waals surface area contributed by atoms with Crippen LogP contribution in [-0.2, 0) is 13.1 Å². The van der Waals surface area contributed by atoms with Crippen molar-refractivity contribution in [3.63, 3.8) is 0 Å². The number of hydrogen-bond acceptors (Lipinski definition) is 5. The summed E-state index contributed by atoms with van der Waals surface area (Å²) in [5.74, 6) is -0.517. The van der Waals surface area contributed by atoms with Gasteiger partial charge in [0.15, 0.2) is 0 Å². The fraction of sp³-hybridized carbons (Fsp3) is 0.364. The van der Waals surface area contributed by atoms with Gasteiger partial charge in [0.25, 0.3) is 5.56 Å². The van der Waals surface area contributed by atoms with E-state index in [9.17, 15) is 9.18 Å². The standard InChI is InChI=1S/C22H29BFN5O/c1-2-18(24)12-21-20(25)3-4-22(30)29(21)10-9-28-7-5-19(6-8-28)27-14-16-11-17(23)15-26-13-16/h2-4,11-13,15,19,27H,1,5-10,14,23,25H2/b18-12+. The van der Waals surface area contributed by atoms with Gasteiger partial charge in [0, 0.05) is 44.1 Å². The molecular weight excluding hydrogens is 380 g/mol. The zero-order chi connectivity index (χ0) is 21.5. The van der Waals surface area contributed by atoms with Gasteiger partial charge in [-0.25, -0.2) is 4.39 Å². The molecule has 0 saturated carbocycles. The molecule has 3 N–H and O–H groups in total. The number of allylic oxidation sites excluding steroid dienone is 2. The molecule has 158 valence electrons. The highest BCUT2D eigenvalue weighted by molar-refractivity contribution is 6.32. The van der Waals surface area contributed by atoms with Crippen molar-refractivity contribution >= 4 is 25.1 Å². The summed E-state index contributed by atoms with van der Waals surface area (Å²) in [5.41, 5.74) is 8.93. The predicted molar refractivity (Wildman–Crippen MR) is 123 cm³/mol. The lowest BCUT2D eigenvalue weighted by molar-refractivity contribution is 0.190. The van der Waals surface area contributed by atoms with Crippen molar-refractivity contribution < 1.29 is 4.39 Å². The van der Waals surface area contributed by atoms with E-state index in [2.05, 4.69) is 27.8 Å². The maximum Gasteiger partial charge on any atom is 0.251 e. The summed E-state index contributed by atoms with van der Waals surface area (Å²) in [7, 11) is 2.05. The van der Waals surface area contributed by atoms with Crippen molar-refractivity contribution in [2.24, 2.45) is 0 Å². The molecule has 1 fully saturated rings. The van der Waals surface area contributed by atoms with E-state index >= 15 is 0 Å². The highest BCUT2D eigenvalue weighted by Gasteiger charge is 2.19. The fourth-order valence-corrected chi connectivity index (χ4v) is 3.77. The van der Waals surface area contributed by atoms with Crippen LogP contribution in [0.15, 0.2) is 53.9 Å². The molecule has 3 rings (SSSR count). The maximum atomic E-state index is 13.7. The largest absolute Gasteiger partial charge is 0.397 e. The van der Waals surface area contributed by atoms with Gasteiger partial charge in [-0.1, -0.05) is 18.1 Å². The van der Waals surface area contributed by atoms with E-state index < -0.39 is 5.83 Å². The fourth-order valence-electron chi connectivity index (χ4n) is 3.77. The molecule has 2 aromatic heterocycles. The van der Waals surface area contributed by atoms with Crippen LogP contribution in [0, 0.1) is 0 Å². The number of anilines is 1. The molecule has 0 spiro atoms. The van der Waals surface area contributed by atoms with Gasteiger partial charge in [-0.2, -0.15) is 0 Å². The van der Waals surface area contributed by atoms with Crippen molar-refractivity contribution in [2.75, 3.05) is 25.4 Å². The molecule has 30 heavy (non-hydrogen) atoms. The summed E-state index contributed by atoms with van der Waals surface area (Å²) in [4.78, 5) is 18.9. The Bertz CT molecular complexity index is 966. The number of aromatic nitrogens is 2. The van der Waals surface area contributed by atoms with Crippen LogP contribution in [0.3, 0.4) is 0 Å². The molecular formula is C22H29BFN5O. The molecule has 0 bridgehead atoms. The highest BCUT2D eigenvalue weighted by atomic mass is 19.1. The average Bonchev–Trinajstić information content (AvgIpc) is 2.75. The molecule has 0 aromatic carbocycles. The SMILES string of the molecule is Bc1cncc(CNC2CCN(CCn3c(/C=C(/F)C=C)c(N)ccc3=O)CC2)c1. The lowest BCUT2D eigenvalue weighted by atomic mass is 9.97. The van der Waals surface area contributed by atoms with E-state index in [1.165, 1.54) is 33.8 Å². The second-order valence-corrected chi connectivity index (χ2v) is 7.76. The molecule has 0 aliphatic carbocycles. The van der Waals surface area contributed by atoms with E-state index in [0.29, 0.717) is 30.5 Å². The number of pyridine rings is 2. The molecule has 1 aliphatic heterocycles.